The van der Waals surface area contributed by atoms with Crippen molar-refractivity contribution in [1.82, 2.24) is 0 Å². The van der Waals surface area contributed by atoms with Crippen molar-refractivity contribution in [2.24, 2.45) is 0 Å². The Morgan fingerprint density at radius 1 is 0.920 bits per heavy atom. The second kappa shape index (κ2) is 7.74. The summed E-state index contributed by atoms with van der Waals surface area (Å²) in [5.41, 5.74) is -0.316. The van der Waals surface area contributed by atoms with Crippen LogP contribution in [0, 0.1) is 0 Å². The third kappa shape index (κ3) is 5.27. The molecule has 0 aliphatic rings. The molecule has 0 bridgehead atoms. The summed E-state index contributed by atoms with van der Waals surface area (Å²) in [4.78, 5) is 11.8. The maximum atomic E-state index is 12.5. The van der Waals surface area contributed by atoms with Crippen LogP contribution in [0.5, 0.6) is 17.2 Å². The van der Waals surface area contributed by atoms with E-state index in [2.05, 4.69) is 0 Å². The molecule has 132 valence electrons. The van der Waals surface area contributed by atoms with Crippen molar-refractivity contribution in [2.75, 3.05) is 14.2 Å². The molecule has 4 nitrogen and oxygen atoms in total. The minimum absolute atomic E-state index is 0.221. The summed E-state index contributed by atoms with van der Waals surface area (Å²) in [5, 5.41) is 0. The van der Waals surface area contributed by atoms with Gasteiger partial charge in [0.15, 0.2) is 0 Å². The van der Waals surface area contributed by atoms with E-state index in [4.69, 9.17) is 14.2 Å². The summed E-state index contributed by atoms with van der Waals surface area (Å²) in [6.07, 6.45) is -1.92. The molecule has 0 saturated carbocycles. The number of alkyl halides is 3. The molecule has 0 fully saturated rings. The van der Waals surface area contributed by atoms with Gasteiger partial charge in [-0.15, -0.1) is 0 Å². The predicted octanol–water partition coefficient (Wildman–Crippen LogP) is 4.34. The molecule has 2 aromatic carbocycles. The van der Waals surface area contributed by atoms with E-state index in [0.717, 1.165) is 18.2 Å². The van der Waals surface area contributed by atoms with Gasteiger partial charge in [0.1, 0.15) is 17.2 Å². The van der Waals surface area contributed by atoms with Gasteiger partial charge in [-0.3, -0.25) is 0 Å². The number of hydrogen-bond acceptors (Lipinski definition) is 4. The monoisotopic (exact) mass is 352 g/mol. The van der Waals surface area contributed by atoms with Crippen molar-refractivity contribution in [2.45, 2.75) is 6.18 Å². The summed E-state index contributed by atoms with van der Waals surface area (Å²) in [6.45, 7) is 0. The average molecular weight is 352 g/mol. The Hall–Kier alpha value is -2.96. The van der Waals surface area contributed by atoms with Crippen molar-refractivity contribution >= 4 is 12.0 Å². The van der Waals surface area contributed by atoms with Gasteiger partial charge in [0.05, 0.1) is 19.8 Å². The van der Waals surface area contributed by atoms with E-state index >= 15 is 0 Å². The largest absolute Gasteiger partial charge is 0.496 e. The predicted molar refractivity (Wildman–Crippen MR) is 85.7 cm³/mol. The van der Waals surface area contributed by atoms with E-state index in [9.17, 15) is 18.0 Å². The van der Waals surface area contributed by atoms with Gasteiger partial charge in [0.25, 0.3) is 0 Å². The lowest BCUT2D eigenvalue weighted by Gasteiger charge is -2.08. The van der Waals surface area contributed by atoms with E-state index < -0.39 is 17.7 Å². The minimum atomic E-state index is -4.40. The summed E-state index contributed by atoms with van der Waals surface area (Å²) in [6, 6.07) is 9.05. The van der Waals surface area contributed by atoms with Crippen LogP contribution in [-0.2, 0) is 11.0 Å². The normalized spacial score (nSPS) is 11.4. The van der Waals surface area contributed by atoms with Crippen LogP contribution in [0.2, 0.25) is 0 Å². The third-order valence-electron chi connectivity index (χ3n) is 3.19. The molecule has 0 unspecified atom stereocenters. The van der Waals surface area contributed by atoms with Crippen molar-refractivity contribution < 1.29 is 32.2 Å². The highest BCUT2D eigenvalue weighted by Crippen LogP contribution is 2.29. The van der Waals surface area contributed by atoms with Crippen LogP contribution in [0.15, 0.2) is 48.5 Å². The first-order chi connectivity index (χ1) is 11.8. The molecule has 0 atom stereocenters. The Morgan fingerprint density at radius 3 is 1.92 bits per heavy atom. The van der Waals surface area contributed by atoms with Gasteiger partial charge < -0.3 is 14.2 Å². The fourth-order valence-electron chi connectivity index (χ4n) is 1.94. The Balaban J connectivity index is 2.06. The molecular weight excluding hydrogens is 337 g/mol. The third-order valence-corrected chi connectivity index (χ3v) is 3.19. The number of ether oxygens (including phenoxy) is 3. The van der Waals surface area contributed by atoms with Gasteiger partial charge >= 0.3 is 12.1 Å². The summed E-state index contributed by atoms with van der Waals surface area (Å²) >= 11 is 0. The highest BCUT2D eigenvalue weighted by molar-refractivity contribution is 5.88. The van der Waals surface area contributed by atoms with Gasteiger partial charge in [-0.2, -0.15) is 13.2 Å². The molecule has 0 saturated heterocycles. The average Bonchev–Trinajstić information content (AvgIpc) is 2.59. The van der Waals surface area contributed by atoms with Gasteiger partial charge in [0, 0.05) is 24.3 Å². The summed E-state index contributed by atoms with van der Waals surface area (Å²) < 4.78 is 52.7. The highest BCUT2D eigenvalue weighted by atomic mass is 19.4. The lowest BCUT2D eigenvalue weighted by atomic mass is 10.1. The first kappa shape index (κ1) is 18.4. The summed E-state index contributed by atoms with van der Waals surface area (Å²) in [7, 11) is 2.93. The smallest absolute Gasteiger partial charge is 0.416 e. The maximum absolute atomic E-state index is 12.5. The molecule has 0 aliphatic carbocycles. The van der Waals surface area contributed by atoms with Gasteiger partial charge in [-0.25, -0.2) is 4.79 Å². The Morgan fingerprint density at radius 2 is 1.44 bits per heavy atom. The van der Waals surface area contributed by atoms with Gasteiger partial charge in [-0.05, 0) is 23.8 Å². The van der Waals surface area contributed by atoms with Crippen molar-refractivity contribution in [3.63, 3.8) is 0 Å². The molecule has 2 aromatic rings. The number of methoxy groups -OCH3 is 2. The lowest BCUT2D eigenvalue weighted by molar-refractivity contribution is -0.137. The van der Waals surface area contributed by atoms with Crippen LogP contribution in [0.25, 0.3) is 6.08 Å². The van der Waals surface area contributed by atoms with E-state index in [1.54, 1.807) is 6.07 Å². The second-order valence-electron chi connectivity index (χ2n) is 4.92. The number of hydrogen-bond donors (Lipinski definition) is 0. The first-order valence-electron chi connectivity index (χ1n) is 7.12. The first-order valence-corrected chi connectivity index (χ1v) is 7.12. The zero-order valence-electron chi connectivity index (χ0n) is 13.5. The zero-order chi connectivity index (χ0) is 18.4. The molecule has 0 aliphatic heterocycles. The molecule has 0 spiro atoms. The fourth-order valence-corrected chi connectivity index (χ4v) is 1.94. The molecular formula is C18H15F3O4. The zero-order valence-corrected chi connectivity index (χ0v) is 13.5. The van der Waals surface area contributed by atoms with Gasteiger partial charge in [0.2, 0.25) is 0 Å². The molecule has 0 heterocycles. The standard InChI is InChI=1S/C18H15F3O4/c1-23-14-9-15(24-2)11-16(10-14)25-17(22)8-5-12-3-6-13(7-4-12)18(19,20)21/h3-11H,1-2H3. The summed E-state index contributed by atoms with van der Waals surface area (Å²) in [5.74, 6) is 0.441. The van der Waals surface area contributed by atoms with E-state index in [-0.39, 0.29) is 5.75 Å². The van der Waals surface area contributed by atoms with Crippen molar-refractivity contribution in [3.8, 4) is 17.2 Å². The van der Waals surface area contributed by atoms with E-state index in [1.807, 2.05) is 0 Å². The van der Waals surface area contributed by atoms with Crippen LogP contribution >= 0.6 is 0 Å². The number of benzene rings is 2. The van der Waals surface area contributed by atoms with Crippen LogP contribution in [0.1, 0.15) is 11.1 Å². The number of carbonyl (C=O) groups excluding carboxylic acids is 1. The quantitative estimate of drug-likeness (QED) is 0.456. The second-order valence-corrected chi connectivity index (χ2v) is 4.92. The molecule has 0 amide bonds. The van der Waals surface area contributed by atoms with Crippen LogP contribution in [0.3, 0.4) is 0 Å². The Labute approximate surface area is 142 Å². The molecule has 2 rings (SSSR count). The number of carbonyl (C=O) groups is 1. The maximum Gasteiger partial charge on any atom is 0.416 e. The number of esters is 1. The molecule has 25 heavy (non-hydrogen) atoms. The SMILES string of the molecule is COc1cc(OC)cc(OC(=O)C=Cc2ccc(C(F)(F)F)cc2)c1. The Bertz CT molecular complexity index is 743. The van der Waals surface area contributed by atoms with Gasteiger partial charge in [-0.1, -0.05) is 12.1 Å². The van der Waals surface area contributed by atoms with Crippen LogP contribution in [-0.4, -0.2) is 20.2 Å². The van der Waals surface area contributed by atoms with Crippen molar-refractivity contribution in [3.05, 3.63) is 59.7 Å². The Kier molecular flexibility index (Phi) is 5.69. The lowest BCUT2D eigenvalue weighted by Crippen LogP contribution is -2.05. The van der Waals surface area contributed by atoms with E-state index in [0.29, 0.717) is 17.1 Å². The highest BCUT2D eigenvalue weighted by Gasteiger charge is 2.29. The topological polar surface area (TPSA) is 44.8 Å². The minimum Gasteiger partial charge on any atom is -0.496 e. The van der Waals surface area contributed by atoms with Crippen LogP contribution < -0.4 is 14.2 Å². The molecule has 0 aromatic heterocycles. The number of halogens is 3. The van der Waals surface area contributed by atoms with Crippen LogP contribution in [0.4, 0.5) is 13.2 Å². The fraction of sp³-hybridized carbons (Fsp3) is 0.167. The molecule has 0 N–H and O–H groups in total. The van der Waals surface area contributed by atoms with Crippen molar-refractivity contribution in [1.29, 1.82) is 0 Å². The number of rotatable bonds is 5. The molecule has 7 heteroatoms. The molecule has 0 radical (unpaired) electrons. The van der Waals surface area contributed by atoms with E-state index in [1.165, 1.54) is 44.6 Å².